The average Bonchev–Trinajstić information content (AvgIpc) is 2.96. The summed E-state index contributed by atoms with van der Waals surface area (Å²) in [4.78, 5) is 8.62. The van der Waals surface area contributed by atoms with Crippen molar-refractivity contribution in [3.8, 4) is 11.3 Å². The van der Waals surface area contributed by atoms with Crippen LogP contribution in [0.3, 0.4) is 0 Å². The van der Waals surface area contributed by atoms with Gasteiger partial charge >= 0.3 is 0 Å². The van der Waals surface area contributed by atoms with Crippen LogP contribution in [-0.2, 0) is 13.6 Å². The summed E-state index contributed by atoms with van der Waals surface area (Å²) >= 11 is 0. The van der Waals surface area contributed by atoms with Gasteiger partial charge in [0.1, 0.15) is 11.6 Å². The fourth-order valence-electron chi connectivity index (χ4n) is 2.90. The minimum absolute atomic E-state index is 0.0547. The van der Waals surface area contributed by atoms with Crippen molar-refractivity contribution < 1.29 is 13.2 Å². The molecule has 0 saturated carbocycles. The van der Waals surface area contributed by atoms with Crippen LogP contribution in [0.1, 0.15) is 5.56 Å². The summed E-state index contributed by atoms with van der Waals surface area (Å²) in [6, 6.07) is 9.85. The van der Waals surface area contributed by atoms with Gasteiger partial charge in [-0.05, 0) is 29.8 Å². The molecule has 0 aliphatic rings. The minimum Gasteiger partial charge on any atom is -0.383 e. The fourth-order valence-corrected chi connectivity index (χ4v) is 2.90. The second-order valence-corrected chi connectivity index (χ2v) is 6.19. The molecule has 0 saturated heterocycles. The smallest absolute Gasteiger partial charge is 0.225 e. The molecule has 0 atom stereocenters. The molecule has 6 nitrogen and oxygen atoms in total. The Morgan fingerprint density at radius 3 is 2.64 bits per heavy atom. The number of nitrogens with zero attached hydrogens (tertiary/aromatic N) is 4. The lowest BCUT2D eigenvalue weighted by Gasteiger charge is -2.09. The van der Waals surface area contributed by atoms with Crippen molar-refractivity contribution in [2.45, 2.75) is 6.54 Å². The summed E-state index contributed by atoms with van der Waals surface area (Å²) in [6.45, 7) is 0.233. The van der Waals surface area contributed by atoms with Crippen LogP contribution in [0, 0.1) is 17.5 Å². The molecule has 142 valence electrons. The molecule has 4 rings (SSSR count). The number of anilines is 2. The van der Waals surface area contributed by atoms with Crippen LogP contribution < -0.4 is 11.1 Å². The van der Waals surface area contributed by atoms with E-state index in [1.807, 2.05) is 0 Å². The average molecular weight is 384 g/mol. The highest BCUT2D eigenvalue weighted by Gasteiger charge is 2.20. The van der Waals surface area contributed by atoms with Gasteiger partial charge in [0.05, 0.1) is 11.1 Å². The van der Waals surface area contributed by atoms with E-state index in [0.29, 0.717) is 10.9 Å². The monoisotopic (exact) mass is 384 g/mol. The molecule has 0 spiro atoms. The maximum Gasteiger partial charge on any atom is 0.225 e. The molecule has 0 radical (unpaired) electrons. The predicted octanol–water partition coefficient (Wildman–Crippen LogP) is 3.64. The van der Waals surface area contributed by atoms with Crippen molar-refractivity contribution in [2.24, 2.45) is 7.05 Å². The van der Waals surface area contributed by atoms with E-state index in [-0.39, 0.29) is 41.0 Å². The molecule has 2 aromatic carbocycles. The van der Waals surface area contributed by atoms with Gasteiger partial charge in [0.2, 0.25) is 5.95 Å². The lowest BCUT2D eigenvalue weighted by Crippen LogP contribution is -2.06. The first-order valence-electron chi connectivity index (χ1n) is 8.37. The number of aromatic nitrogens is 4. The molecule has 0 fully saturated rings. The molecule has 0 aliphatic carbocycles. The number of benzene rings is 2. The molecule has 9 heteroatoms. The van der Waals surface area contributed by atoms with Gasteiger partial charge in [0.15, 0.2) is 17.3 Å². The number of halogens is 3. The van der Waals surface area contributed by atoms with E-state index in [9.17, 15) is 13.2 Å². The van der Waals surface area contributed by atoms with Gasteiger partial charge in [-0.25, -0.2) is 18.2 Å². The summed E-state index contributed by atoms with van der Waals surface area (Å²) < 4.78 is 42.9. The molecular weight excluding hydrogens is 369 g/mol. The Morgan fingerprint density at radius 2 is 1.86 bits per heavy atom. The number of nitrogen functional groups attached to an aromatic ring is 1. The topological polar surface area (TPSA) is 81.7 Å². The van der Waals surface area contributed by atoms with Crippen LogP contribution in [0.15, 0.2) is 42.5 Å². The van der Waals surface area contributed by atoms with E-state index >= 15 is 0 Å². The molecule has 0 aliphatic heterocycles. The number of hydrogen-bond acceptors (Lipinski definition) is 5. The summed E-state index contributed by atoms with van der Waals surface area (Å²) in [5.74, 6) is -2.04. The molecule has 0 bridgehead atoms. The molecule has 0 unspecified atom stereocenters. The van der Waals surface area contributed by atoms with Crippen LogP contribution in [-0.4, -0.2) is 19.7 Å². The first-order valence-corrected chi connectivity index (χ1v) is 8.37. The van der Waals surface area contributed by atoms with Crippen molar-refractivity contribution in [3.63, 3.8) is 0 Å². The zero-order valence-corrected chi connectivity index (χ0v) is 14.7. The van der Waals surface area contributed by atoms with Crippen LogP contribution in [0.4, 0.5) is 24.9 Å². The van der Waals surface area contributed by atoms with E-state index in [1.165, 1.54) is 28.9 Å². The molecule has 0 amide bonds. The summed E-state index contributed by atoms with van der Waals surface area (Å²) in [5.41, 5.74) is 7.00. The highest BCUT2D eigenvalue weighted by Crippen LogP contribution is 2.33. The van der Waals surface area contributed by atoms with Gasteiger partial charge in [-0.1, -0.05) is 18.2 Å². The van der Waals surface area contributed by atoms with Crippen LogP contribution >= 0.6 is 0 Å². The zero-order valence-electron chi connectivity index (χ0n) is 14.7. The Morgan fingerprint density at radius 1 is 1.07 bits per heavy atom. The van der Waals surface area contributed by atoms with Crippen molar-refractivity contribution in [2.75, 3.05) is 11.1 Å². The predicted molar refractivity (Wildman–Crippen MR) is 99.8 cm³/mol. The highest BCUT2D eigenvalue weighted by molar-refractivity contribution is 5.99. The lowest BCUT2D eigenvalue weighted by molar-refractivity contribution is 0.511. The molecule has 28 heavy (non-hydrogen) atoms. The lowest BCUT2D eigenvalue weighted by atomic mass is 10.1. The molecule has 2 heterocycles. The standard InChI is InChI=1S/C19H15F3N6/c1-28-17(23)14-16(12-6-3-7-13(21)15(12)22)25-19(26-18(14)27-28)24-9-10-4-2-5-11(20)8-10/h2-8H,9,23H2,1H3,(H,24,26,27). The van der Waals surface area contributed by atoms with Crippen molar-refractivity contribution in [1.82, 2.24) is 19.7 Å². The molecule has 4 aromatic rings. The number of hydrogen-bond donors (Lipinski definition) is 2. The van der Waals surface area contributed by atoms with Gasteiger partial charge in [0.25, 0.3) is 0 Å². The Hall–Kier alpha value is -3.62. The Kier molecular flexibility index (Phi) is 4.34. The number of nitrogens with two attached hydrogens (primary N) is 1. The van der Waals surface area contributed by atoms with E-state index in [0.717, 1.165) is 6.07 Å². The third-order valence-corrected chi connectivity index (χ3v) is 4.29. The third kappa shape index (κ3) is 3.11. The van der Waals surface area contributed by atoms with Crippen LogP contribution in [0.5, 0.6) is 0 Å². The van der Waals surface area contributed by atoms with E-state index < -0.39 is 11.6 Å². The minimum atomic E-state index is -1.04. The van der Waals surface area contributed by atoms with Crippen LogP contribution in [0.2, 0.25) is 0 Å². The van der Waals surface area contributed by atoms with Gasteiger partial charge in [-0.3, -0.25) is 4.68 Å². The summed E-state index contributed by atoms with van der Waals surface area (Å²) in [5, 5.41) is 7.49. The van der Waals surface area contributed by atoms with E-state index in [2.05, 4.69) is 20.4 Å². The fraction of sp³-hybridized carbons (Fsp3) is 0.105. The number of rotatable bonds is 4. The summed E-state index contributed by atoms with van der Waals surface area (Å²) in [7, 11) is 1.61. The van der Waals surface area contributed by atoms with Gasteiger partial charge in [0, 0.05) is 19.2 Å². The highest BCUT2D eigenvalue weighted by atomic mass is 19.2. The third-order valence-electron chi connectivity index (χ3n) is 4.29. The first-order chi connectivity index (χ1) is 13.4. The van der Waals surface area contributed by atoms with Crippen LogP contribution in [0.25, 0.3) is 22.3 Å². The van der Waals surface area contributed by atoms with Crippen molar-refractivity contribution >= 4 is 22.8 Å². The second kappa shape index (κ2) is 6.84. The largest absolute Gasteiger partial charge is 0.383 e. The number of aryl methyl sites for hydroxylation is 1. The van der Waals surface area contributed by atoms with Gasteiger partial charge in [-0.2, -0.15) is 10.1 Å². The normalized spacial score (nSPS) is 11.1. The SMILES string of the molecule is Cn1nc2nc(NCc3cccc(F)c3)nc(-c3cccc(F)c3F)c2c1N. The summed E-state index contributed by atoms with van der Waals surface area (Å²) in [6.07, 6.45) is 0. The molecule has 2 aromatic heterocycles. The maximum absolute atomic E-state index is 14.4. The second-order valence-electron chi connectivity index (χ2n) is 6.19. The Labute approximate surface area is 157 Å². The Balaban J connectivity index is 1.82. The van der Waals surface area contributed by atoms with E-state index in [4.69, 9.17) is 5.73 Å². The van der Waals surface area contributed by atoms with Crippen molar-refractivity contribution in [3.05, 3.63) is 65.5 Å². The Bertz CT molecular complexity index is 1190. The van der Waals surface area contributed by atoms with Gasteiger partial charge in [-0.15, -0.1) is 0 Å². The molecular formula is C19H15F3N6. The van der Waals surface area contributed by atoms with Crippen molar-refractivity contribution in [1.29, 1.82) is 0 Å². The number of fused-ring (bicyclic) bond motifs is 1. The maximum atomic E-state index is 14.4. The number of nitrogens with one attached hydrogen (secondary N) is 1. The van der Waals surface area contributed by atoms with Gasteiger partial charge < -0.3 is 11.1 Å². The zero-order chi connectivity index (χ0) is 19.8. The van der Waals surface area contributed by atoms with E-state index in [1.54, 1.807) is 19.2 Å². The molecule has 3 N–H and O–H groups in total. The first kappa shape index (κ1) is 17.8. The quantitative estimate of drug-likeness (QED) is 0.561.